The van der Waals surface area contributed by atoms with Crippen LogP contribution in [-0.4, -0.2) is 14.4 Å². The maximum atomic E-state index is 6.96. The molecule has 2 heteroatoms. The summed E-state index contributed by atoms with van der Waals surface area (Å²) in [5.41, 5.74) is 0.927. The summed E-state index contributed by atoms with van der Waals surface area (Å²) < 4.78 is 6.96. The second-order valence-electron chi connectivity index (χ2n) is 9.26. The van der Waals surface area contributed by atoms with Gasteiger partial charge < -0.3 is 4.43 Å². The van der Waals surface area contributed by atoms with Crippen LogP contribution in [0.1, 0.15) is 68.7 Å². The lowest BCUT2D eigenvalue weighted by atomic mass is 10.1. The molecular weight excluding hydrogens is 308 g/mol. The van der Waals surface area contributed by atoms with E-state index < -0.39 is 8.32 Å². The highest BCUT2D eigenvalue weighted by Gasteiger charge is 2.39. The molecule has 1 atom stereocenters. The first kappa shape index (κ1) is 23.5. The maximum Gasteiger partial charge on any atom is 0.195 e. The summed E-state index contributed by atoms with van der Waals surface area (Å²) in [6, 6.07) is 3.73. The van der Waals surface area contributed by atoms with Crippen LogP contribution in [0.25, 0.3) is 0 Å². The van der Waals surface area contributed by atoms with Gasteiger partial charge in [0.1, 0.15) is 6.10 Å². The van der Waals surface area contributed by atoms with Gasteiger partial charge >= 0.3 is 0 Å². The van der Waals surface area contributed by atoms with Crippen LogP contribution in [0.5, 0.6) is 0 Å². The quantitative estimate of drug-likeness (QED) is 0.307. The van der Waals surface area contributed by atoms with Gasteiger partial charge in [-0.25, -0.2) is 0 Å². The summed E-state index contributed by atoms with van der Waals surface area (Å²) in [5, 5.41) is 0. The van der Waals surface area contributed by atoms with Crippen LogP contribution in [0.2, 0.25) is 18.1 Å². The largest absolute Gasteiger partial charge is 0.403 e. The molecule has 24 heavy (non-hydrogen) atoms. The Balaban J connectivity index is 5.60. The van der Waals surface area contributed by atoms with Gasteiger partial charge in [0.05, 0.1) is 0 Å². The molecular formula is C22H42OSi. The summed E-state index contributed by atoms with van der Waals surface area (Å²) in [7, 11) is -1.82. The first-order valence-corrected chi connectivity index (χ1v) is 12.3. The molecule has 0 aromatic heterocycles. The molecule has 0 N–H and O–H groups in total. The van der Waals surface area contributed by atoms with Crippen LogP contribution < -0.4 is 0 Å². The number of hydrogen-bond donors (Lipinski definition) is 0. The summed E-state index contributed by atoms with van der Waals surface area (Å²) in [5.74, 6) is 9.22. The van der Waals surface area contributed by atoms with Crippen molar-refractivity contribution in [2.75, 3.05) is 0 Å². The monoisotopic (exact) mass is 350 g/mol. The molecule has 0 spiro atoms. The van der Waals surface area contributed by atoms with Crippen molar-refractivity contribution in [1.82, 2.24) is 0 Å². The van der Waals surface area contributed by atoms with E-state index in [2.05, 4.69) is 73.8 Å². The van der Waals surface area contributed by atoms with Gasteiger partial charge in [-0.05, 0) is 60.7 Å². The molecule has 140 valence electrons. The average Bonchev–Trinajstić information content (AvgIpc) is 2.31. The number of allylic oxidation sites excluding steroid dienone is 1. The lowest BCUT2D eigenvalue weighted by Crippen LogP contribution is -2.45. The smallest absolute Gasteiger partial charge is 0.195 e. The van der Waals surface area contributed by atoms with E-state index in [9.17, 15) is 0 Å². The van der Waals surface area contributed by atoms with Crippen LogP contribution in [0.15, 0.2) is 12.2 Å². The van der Waals surface area contributed by atoms with E-state index in [0.29, 0.717) is 23.7 Å². The Hall–Kier alpha value is -0.523. The zero-order valence-corrected chi connectivity index (χ0v) is 18.8. The van der Waals surface area contributed by atoms with E-state index in [1.807, 2.05) is 6.92 Å². The zero-order chi connectivity index (χ0) is 18.9. The minimum Gasteiger partial charge on any atom is -0.403 e. The number of rotatable bonds is 10. The Labute approximate surface area is 153 Å². The van der Waals surface area contributed by atoms with Gasteiger partial charge in [0.2, 0.25) is 0 Å². The molecule has 0 bridgehead atoms. The second-order valence-corrected chi connectivity index (χ2v) is 13.1. The molecule has 1 nitrogen and oxygen atoms in total. The molecule has 0 aromatic carbocycles. The highest BCUT2D eigenvalue weighted by Crippen LogP contribution is 2.35. The topological polar surface area (TPSA) is 9.23 Å². The highest BCUT2D eigenvalue weighted by molar-refractivity contribution is 6.74. The van der Waals surface area contributed by atoms with Crippen molar-refractivity contribution in [3.63, 3.8) is 0 Å². The van der Waals surface area contributed by atoms with Crippen LogP contribution >= 0.6 is 0 Å². The average molecular weight is 351 g/mol. The van der Waals surface area contributed by atoms with E-state index in [1.54, 1.807) is 0 Å². The van der Waals surface area contributed by atoms with Crippen molar-refractivity contribution >= 4 is 8.32 Å². The standard InChI is InChI=1S/C22H42OSi/c1-17(2)11-12-22(13-18(3)4)23-24(14-19(5)6,15-20(7)8)16-21(9)10/h18-22H,1,13-16H2,2-10H3. The minimum absolute atomic E-state index is 0.0598. The van der Waals surface area contributed by atoms with Crippen LogP contribution in [0, 0.1) is 35.5 Å². The van der Waals surface area contributed by atoms with Crippen molar-refractivity contribution in [2.45, 2.75) is 93.0 Å². The first-order chi connectivity index (χ1) is 11.0. The van der Waals surface area contributed by atoms with Gasteiger partial charge in [0, 0.05) is 0 Å². The molecule has 0 aliphatic rings. The minimum atomic E-state index is -1.82. The third-order valence-corrected chi connectivity index (χ3v) is 9.33. The molecule has 0 saturated heterocycles. The van der Waals surface area contributed by atoms with E-state index >= 15 is 0 Å². The lowest BCUT2D eigenvalue weighted by molar-refractivity contribution is 0.205. The Morgan fingerprint density at radius 1 is 0.833 bits per heavy atom. The molecule has 0 aromatic rings. The third kappa shape index (κ3) is 11.1. The molecule has 0 aliphatic carbocycles. The fraction of sp³-hybridized carbons (Fsp3) is 0.818. The summed E-state index contributed by atoms with van der Waals surface area (Å²) in [6.45, 7) is 24.4. The molecule has 0 amide bonds. The lowest BCUT2D eigenvalue weighted by Gasteiger charge is -2.38. The molecule has 0 saturated carbocycles. The Bertz CT molecular complexity index is 396. The van der Waals surface area contributed by atoms with Crippen molar-refractivity contribution in [1.29, 1.82) is 0 Å². The zero-order valence-electron chi connectivity index (χ0n) is 17.8. The van der Waals surface area contributed by atoms with Gasteiger partial charge in [-0.3, -0.25) is 0 Å². The molecule has 1 unspecified atom stereocenters. The van der Waals surface area contributed by atoms with Crippen LogP contribution in [0.3, 0.4) is 0 Å². The Morgan fingerprint density at radius 2 is 1.25 bits per heavy atom. The van der Waals surface area contributed by atoms with E-state index in [0.717, 1.165) is 12.0 Å². The fourth-order valence-electron chi connectivity index (χ4n) is 3.70. The SMILES string of the molecule is C=C(C)C#CC(CC(C)C)O[Si](CC(C)C)(CC(C)C)CC(C)C. The molecule has 0 rings (SSSR count). The van der Waals surface area contributed by atoms with Gasteiger partial charge in [0.25, 0.3) is 0 Å². The number of hydrogen-bond acceptors (Lipinski definition) is 1. The van der Waals surface area contributed by atoms with Crippen LogP contribution in [-0.2, 0) is 4.43 Å². The van der Waals surface area contributed by atoms with Gasteiger partial charge in [0.15, 0.2) is 8.32 Å². The third-order valence-electron chi connectivity index (χ3n) is 3.87. The van der Waals surface area contributed by atoms with E-state index in [4.69, 9.17) is 4.43 Å². The van der Waals surface area contributed by atoms with Gasteiger partial charge in [-0.2, -0.15) is 0 Å². The second kappa shape index (κ2) is 11.2. The fourth-order valence-corrected chi connectivity index (χ4v) is 9.71. The van der Waals surface area contributed by atoms with Gasteiger partial charge in [-0.1, -0.05) is 73.8 Å². The first-order valence-electron chi connectivity index (χ1n) is 9.80. The summed E-state index contributed by atoms with van der Waals surface area (Å²) >= 11 is 0. The Morgan fingerprint density at radius 3 is 1.54 bits per heavy atom. The predicted octanol–water partition coefficient (Wildman–Crippen LogP) is 6.91. The summed E-state index contributed by atoms with van der Waals surface area (Å²) in [6.07, 6.45) is 1.08. The van der Waals surface area contributed by atoms with Crippen LogP contribution in [0.4, 0.5) is 0 Å². The molecule has 0 radical (unpaired) electrons. The van der Waals surface area contributed by atoms with Crippen molar-refractivity contribution in [2.24, 2.45) is 23.7 Å². The Kier molecular flexibility index (Phi) is 10.9. The highest BCUT2D eigenvalue weighted by atomic mass is 28.4. The van der Waals surface area contributed by atoms with Gasteiger partial charge in [-0.15, -0.1) is 0 Å². The summed E-state index contributed by atoms with van der Waals surface area (Å²) in [4.78, 5) is 0. The van der Waals surface area contributed by atoms with E-state index in [-0.39, 0.29) is 6.10 Å². The van der Waals surface area contributed by atoms with E-state index in [1.165, 1.54) is 18.1 Å². The van der Waals surface area contributed by atoms with Crippen molar-refractivity contribution in [3.8, 4) is 11.8 Å². The van der Waals surface area contributed by atoms with Crippen molar-refractivity contribution < 1.29 is 4.43 Å². The molecule has 0 aliphatic heterocycles. The predicted molar refractivity (Wildman–Crippen MR) is 112 cm³/mol. The van der Waals surface area contributed by atoms with Crippen molar-refractivity contribution in [3.05, 3.63) is 12.2 Å². The molecule has 0 heterocycles. The normalized spacial score (nSPS) is 13.5. The molecule has 0 fully saturated rings. The maximum absolute atomic E-state index is 6.96.